The smallest absolute Gasteiger partial charge is 0.261 e. The lowest BCUT2D eigenvalue weighted by Gasteiger charge is -2.41. The van der Waals surface area contributed by atoms with Gasteiger partial charge in [0.2, 0.25) is 5.78 Å². The number of para-hydroxylation sites is 2. The fourth-order valence-corrected chi connectivity index (χ4v) is 2.99. The molecule has 5 heteroatoms. The lowest BCUT2D eigenvalue weighted by atomic mass is 9.97. The van der Waals surface area contributed by atoms with E-state index in [1.54, 1.807) is 0 Å². The Labute approximate surface area is 140 Å². The highest BCUT2D eigenvalue weighted by Crippen LogP contribution is 2.25. The fraction of sp³-hybridized carbons (Fsp3) is 0.211. The van der Waals surface area contributed by atoms with E-state index in [9.17, 15) is 14.4 Å². The largest absolute Gasteiger partial charge is 0.353 e. The molecular weight excluding hydrogens is 304 g/mol. The lowest BCUT2D eigenvalue weighted by Crippen LogP contribution is -2.53. The van der Waals surface area contributed by atoms with E-state index in [-0.39, 0.29) is 6.29 Å². The van der Waals surface area contributed by atoms with E-state index in [0.29, 0.717) is 19.8 Å². The number of nitrogens with zero attached hydrogens (tertiary/aromatic N) is 2. The van der Waals surface area contributed by atoms with E-state index in [1.165, 1.54) is 0 Å². The molecule has 0 aromatic heterocycles. The van der Waals surface area contributed by atoms with Crippen LogP contribution in [0.25, 0.3) is 0 Å². The maximum atomic E-state index is 12.2. The van der Waals surface area contributed by atoms with E-state index in [4.69, 9.17) is 0 Å². The van der Waals surface area contributed by atoms with Crippen LogP contribution >= 0.6 is 0 Å². The second-order valence-corrected chi connectivity index (χ2v) is 5.80. The molecule has 1 fully saturated rings. The zero-order valence-corrected chi connectivity index (χ0v) is 13.2. The summed E-state index contributed by atoms with van der Waals surface area (Å²) in [6.45, 7) is 1.46. The molecule has 24 heavy (non-hydrogen) atoms. The molecule has 3 rings (SSSR count). The van der Waals surface area contributed by atoms with Crippen LogP contribution in [-0.4, -0.2) is 37.6 Å². The molecule has 0 radical (unpaired) electrons. The number of ketones is 2. The third-order valence-electron chi connectivity index (χ3n) is 4.19. The van der Waals surface area contributed by atoms with Gasteiger partial charge in [0.1, 0.15) is 0 Å². The summed E-state index contributed by atoms with van der Waals surface area (Å²) in [4.78, 5) is 38.6. The van der Waals surface area contributed by atoms with Crippen molar-refractivity contribution in [1.29, 1.82) is 0 Å². The van der Waals surface area contributed by atoms with Crippen LogP contribution in [0.15, 0.2) is 60.7 Å². The van der Waals surface area contributed by atoms with Gasteiger partial charge in [-0.05, 0) is 24.3 Å². The van der Waals surface area contributed by atoms with Crippen molar-refractivity contribution in [2.45, 2.75) is 0 Å². The summed E-state index contributed by atoms with van der Waals surface area (Å²) in [5.74, 6) is -2.11. The highest BCUT2D eigenvalue weighted by atomic mass is 16.2. The summed E-state index contributed by atoms with van der Waals surface area (Å²) < 4.78 is 0. The molecule has 0 saturated carbocycles. The van der Waals surface area contributed by atoms with Crippen molar-refractivity contribution >= 4 is 29.2 Å². The van der Waals surface area contributed by atoms with E-state index < -0.39 is 17.5 Å². The first-order chi connectivity index (χ1) is 11.7. The van der Waals surface area contributed by atoms with Gasteiger partial charge in [-0.3, -0.25) is 14.4 Å². The number of aldehydes is 1. The van der Waals surface area contributed by atoms with Crippen molar-refractivity contribution in [3.63, 3.8) is 0 Å². The molecule has 1 aliphatic rings. The Bertz CT molecular complexity index is 683. The molecule has 0 amide bonds. The van der Waals surface area contributed by atoms with Crippen molar-refractivity contribution in [2.24, 2.45) is 5.92 Å². The molecule has 122 valence electrons. The van der Waals surface area contributed by atoms with Gasteiger partial charge in [0.25, 0.3) is 5.78 Å². The minimum Gasteiger partial charge on any atom is -0.353 e. The normalized spacial score (nSPS) is 15.2. The van der Waals surface area contributed by atoms with E-state index in [2.05, 4.69) is 9.80 Å². The van der Waals surface area contributed by atoms with Crippen molar-refractivity contribution in [3.05, 3.63) is 60.7 Å². The number of hydrogen-bond acceptors (Lipinski definition) is 5. The molecule has 2 aromatic carbocycles. The zero-order valence-electron chi connectivity index (χ0n) is 13.2. The molecule has 2 aromatic rings. The van der Waals surface area contributed by atoms with Gasteiger partial charge in [-0.2, -0.15) is 0 Å². The van der Waals surface area contributed by atoms with Gasteiger partial charge in [0, 0.05) is 24.5 Å². The number of Topliss-reactive ketones (excluding diaryl/α,β-unsaturated/α-hetero) is 2. The quantitative estimate of drug-likeness (QED) is 0.478. The molecule has 0 bridgehead atoms. The summed E-state index contributed by atoms with van der Waals surface area (Å²) in [5, 5.41) is 0. The molecule has 0 unspecified atom stereocenters. The second-order valence-electron chi connectivity index (χ2n) is 5.80. The Morgan fingerprint density at radius 3 is 1.71 bits per heavy atom. The highest BCUT2D eigenvalue weighted by Gasteiger charge is 2.33. The SMILES string of the molecule is O=CC(=O)C(=O)C1CN(c2ccccc2)CN(c2ccccc2)C1. The Kier molecular flexibility index (Phi) is 4.70. The van der Waals surface area contributed by atoms with Crippen LogP contribution in [0, 0.1) is 5.92 Å². The van der Waals surface area contributed by atoms with E-state index in [0.717, 1.165) is 11.4 Å². The minimum absolute atomic E-state index is 0.108. The first kappa shape index (κ1) is 15.9. The highest BCUT2D eigenvalue weighted by molar-refractivity contribution is 6.58. The number of rotatable bonds is 5. The molecule has 0 atom stereocenters. The van der Waals surface area contributed by atoms with Crippen LogP contribution in [0.3, 0.4) is 0 Å². The third-order valence-corrected chi connectivity index (χ3v) is 4.19. The molecule has 0 N–H and O–H groups in total. The average molecular weight is 322 g/mol. The van der Waals surface area contributed by atoms with Gasteiger partial charge < -0.3 is 9.80 Å². The summed E-state index contributed by atoms with van der Waals surface area (Å²) in [7, 11) is 0. The van der Waals surface area contributed by atoms with Gasteiger partial charge in [-0.15, -0.1) is 0 Å². The first-order valence-electron chi connectivity index (χ1n) is 7.82. The number of anilines is 2. The maximum absolute atomic E-state index is 12.2. The van der Waals surface area contributed by atoms with Gasteiger partial charge in [-0.1, -0.05) is 36.4 Å². The molecule has 1 saturated heterocycles. The van der Waals surface area contributed by atoms with E-state index >= 15 is 0 Å². The number of carbonyl (C=O) groups is 3. The minimum atomic E-state index is -0.956. The van der Waals surface area contributed by atoms with Crippen molar-refractivity contribution in [2.75, 3.05) is 29.6 Å². The standard InChI is InChI=1S/C19H18N2O3/c22-13-18(23)19(24)15-11-20(16-7-3-1-4-8-16)14-21(12-15)17-9-5-2-6-10-17/h1-10,13,15H,11-12,14H2. The van der Waals surface area contributed by atoms with Crippen molar-refractivity contribution < 1.29 is 14.4 Å². The topological polar surface area (TPSA) is 57.7 Å². The van der Waals surface area contributed by atoms with E-state index in [1.807, 2.05) is 60.7 Å². The van der Waals surface area contributed by atoms with Crippen LogP contribution in [0.5, 0.6) is 0 Å². The number of benzene rings is 2. The van der Waals surface area contributed by atoms with Crippen molar-refractivity contribution in [1.82, 2.24) is 0 Å². The third kappa shape index (κ3) is 3.35. The molecule has 5 nitrogen and oxygen atoms in total. The van der Waals surface area contributed by atoms with Crippen LogP contribution in [0.1, 0.15) is 0 Å². The van der Waals surface area contributed by atoms with Crippen LogP contribution in [0.4, 0.5) is 11.4 Å². The molecule has 1 aliphatic heterocycles. The fourth-order valence-electron chi connectivity index (χ4n) is 2.99. The molecule has 0 spiro atoms. The summed E-state index contributed by atoms with van der Waals surface area (Å²) in [5.41, 5.74) is 1.96. The summed E-state index contributed by atoms with van der Waals surface area (Å²) in [6.07, 6.45) is 0.108. The molecule has 0 aliphatic carbocycles. The van der Waals surface area contributed by atoms with Gasteiger partial charge in [-0.25, -0.2) is 0 Å². The van der Waals surface area contributed by atoms with Gasteiger partial charge in [0.15, 0.2) is 6.29 Å². The Hall–Kier alpha value is -2.95. The lowest BCUT2D eigenvalue weighted by molar-refractivity contribution is -0.141. The Morgan fingerprint density at radius 1 is 0.833 bits per heavy atom. The molecular formula is C19H18N2O3. The predicted octanol–water partition coefficient (Wildman–Crippen LogP) is 1.92. The van der Waals surface area contributed by atoms with Crippen LogP contribution < -0.4 is 9.80 Å². The zero-order chi connectivity index (χ0) is 16.9. The summed E-state index contributed by atoms with van der Waals surface area (Å²) >= 11 is 0. The molecule has 1 heterocycles. The van der Waals surface area contributed by atoms with Gasteiger partial charge >= 0.3 is 0 Å². The number of hydrogen-bond donors (Lipinski definition) is 0. The maximum Gasteiger partial charge on any atom is 0.261 e. The van der Waals surface area contributed by atoms with Gasteiger partial charge in [0.05, 0.1) is 12.6 Å². The number of carbonyl (C=O) groups excluding carboxylic acids is 3. The average Bonchev–Trinajstić information content (AvgIpc) is 2.67. The summed E-state index contributed by atoms with van der Waals surface area (Å²) in [6, 6.07) is 19.5. The first-order valence-corrected chi connectivity index (χ1v) is 7.82. The van der Waals surface area contributed by atoms with Crippen molar-refractivity contribution in [3.8, 4) is 0 Å². The monoisotopic (exact) mass is 322 g/mol. The predicted molar refractivity (Wildman–Crippen MR) is 92.0 cm³/mol. The van der Waals surface area contributed by atoms with Crippen LogP contribution in [0.2, 0.25) is 0 Å². The van der Waals surface area contributed by atoms with Crippen LogP contribution in [-0.2, 0) is 14.4 Å². The second kappa shape index (κ2) is 7.08. The Balaban J connectivity index is 1.89. The Morgan fingerprint density at radius 2 is 1.29 bits per heavy atom.